The summed E-state index contributed by atoms with van der Waals surface area (Å²) in [6, 6.07) is 0. The Morgan fingerprint density at radius 2 is 1.15 bits per heavy atom. The predicted molar refractivity (Wildman–Crippen MR) is 100 cm³/mol. The summed E-state index contributed by atoms with van der Waals surface area (Å²) < 4.78 is 9.58. The summed E-state index contributed by atoms with van der Waals surface area (Å²) >= 11 is 40.1. The Bertz CT molecular complexity index is 695. The van der Waals surface area contributed by atoms with Crippen LogP contribution < -0.4 is 0 Å². The molecule has 0 radical (unpaired) electrons. The molecule has 3 saturated carbocycles. The molecule has 0 amide bonds. The second-order valence-corrected chi connectivity index (χ2v) is 11.0. The molecule has 0 aromatic rings. The number of hydrogen-bond acceptors (Lipinski definition) is 4. The molecule has 10 heteroatoms. The molecule has 26 heavy (non-hydrogen) atoms. The first kappa shape index (κ1) is 19.7. The van der Waals surface area contributed by atoms with Crippen LogP contribution in [0, 0.1) is 23.7 Å². The van der Waals surface area contributed by atoms with Crippen LogP contribution >= 0.6 is 69.6 Å². The van der Waals surface area contributed by atoms with Gasteiger partial charge in [0.25, 0.3) is 0 Å². The summed E-state index contributed by atoms with van der Waals surface area (Å²) in [5.74, 6) is -3.02. The molecule has 4 bridgehead atoms. The lowest BCUT2D eigenvalue weighted by Crippen LogP contribution is -2.52. The first-order valence-electron chi connectivity index (χ1n) is 8.03. The lowest BCUT2D eigenvalue weighted by Gasteiger charge is -2.44. The van der Waals surface area contributed by atoms with Crippen LogP contribution in [0.2, 0.25) is 0 Å². The van der Waals surface area contributed by atoms with Crippen molar-refractivity contribution in [1.82, 2.24) is 0 Å². The molecule has 0 heterocycles. The Kier molecular flexibility index (Phi) is 4.35. The summed E-state index contributed by atoms with van der Waals surface area (Å²) in [6.45, 7) is 2.53. The van der Waals surface area contributed by atoms with Gasteiger partial charge in [-0.15, -0.1) is 46.4 Å². The monoisotopic (exact) mass is 480 g/mol. The second kappa shape index (κ2) is 5.73. The lowest BCUT2D eigenvalue weighted by atomic mass is 9.70. The van der Waals surface area contributed by atoms with E-state index in [1.807, 2.05) is 0 Å². The average Bonchev–Trinajstić information content (AvgIpc) is 3.02. The van der Waals surface area contributed by atoms with Gasteiger partial charge in [0.15, 0.2) is 0 Å². The van der Waals surface area contributed by atoms with Gasteiger partial charge in [0.2, 0.25) is 0 Å². The number of carbonyl (C=O) groups excluding carboxylic acids is 2. The van der Waals surface area contributed by atoms with Crippen LogP contribution in [-0.4, -0.2) is 38.2 Å². The van der Waals surface area contributed by atoms with Crippen LogP contribution in [0.5, 0.6) is 0 Å². The van der Waals surface area contributed by atoms with Crippen LogP contribution in [0.15, 0.2) is 10.1 Å². The third kappa shape index (κ3) is 2.18. The molecule has 0 spiro atoms. The van der Waals surface area contributed by atoms with Crippen molar-refractivity contribution in [2.24, 2.45) is 23.7 Å². The summed E-state index contributed by atoms with van der Waals surface area (Å²) in [6.07, 6.45) is -1.36. The standard InChI is InChI=1S/C16H14Cl6O4/c1-4(23)25-10-8-6-7(9(16(8,21)22)11(10)26-5(2)24)15(20)3-14(6,19)12(17)13(15)18/h6-11H,3H2,1-2H3/t6?,7?,8-,9+,10-,11-,14+,15-/m0/s1. The van der Waals surface area contributed by atoms with E-state index in [2.05, 4.69) is 0 Å². The Balaban J connectivity index is 1.87. The molecule has 3 fully saturated rings. The largest absolute Gasteiger partial charge is 0.458 e. The average molecular weight is 483 g/mol. The SMILES string of the molecule is CC(=O)O[C@@H]1[C@@H](OC(C)=O)[C@@H]2C3C([C@H]1C2(Cl)Cl)[C@@]1(Cl)C[C@]3(Cl)C(Cl)=C1Cl. The fraction of sp³-hybridized carbons (Fsp3) is 0.750. The number of halogens is 6. The van der Waals surface area contributed by atoms with E-state index in [-0.39, 0.29) is 21.9 Å². The normalized spacial score (nSPS) is 50.2. The van der Waals surface area contributed by atoms with Gasteiger partial charge in [-0.3, -0.25) is 9.59 Å². The zero-order valence-corrected chi connectivity index (χ0v) is 18.1. The second-order valence-electron chi connectivity index (χ2n) is 7.46. The zero-order valence-electron chi connectivity index (χ0n) is 13.6. The van der Waals surface area contributed by atoms with Gasteiger partial charge in [-0.1, -0.05) is 23.2 Å². The maximum Gasteiger partial charge on any atom is 0.303 e. The van der Waals surface area contributed by atoms with Gasteiger partial charge in [-0.2, -0.15) is 0 Å². The van der Waals surface area contributed by atoms with E-state index in [9.17, 15) is 9.59 Å². The highest BCUT2D eigenvalue weighted by atomic mass is 35.5. The van der Waals surface area contributed by atoms with Gasteiger partial charge in [0, 0.05) is 25.7 Å². The van der Waals surface area contributed by atoms with Gasteiger partial charge < -0.3 is 9.47 Å². The third-order valence-corrected chi connectivity index (χ3v) is 9.68. The highest BCUT2D eigenvalue weighted by molar-refractivity contribution is 6.52. The fourth-order valence-corrected chi connectivity index (χ4v) is 8.71. The first-order valence-corrected chi connectivity index (χ1v) is 10.3. The molecule has 8 atom stereocenters. The van der Waals surface area contributed by atoms with E-state index in [0.717, 1.165) is 0 Å². The predicted octanol–water partition coefficient (Wildman–Crippen LogP) is 4.58. The van der Waals surface area contributed by atoms with E-state index in [1.165, 1.54) is 13.8 Å². The van der Waals surface area contributed by atoms with Gasteiger partial charge in [-0.25, -0.2) is 0 Å². The molecule has 0 aromatic carbocycles. The van der Waals surface area contributed by atoms with E-state index in [4.69, 9.17) is 79.1 Å². The summed E-state index contributed by atoms with van der Waals surface area (Å²) in [7, 11) is 0. The summed E-state index contributed by atoms with van der Waals surface area (Å²) in [4.78, 5) is 21.2. The van der Waals surface area contributed by atoms with Crippen LogP contribution in [-0.2, 0) is 19.1 Å². The molecule has 4 aliphatic rings. The topological polar surface area (TPSA) is 52.6 Å². The molecule has 0 aromatic heterocycles. The van der Waals surface area contributed by atoms with E-state index in [0.29, 0.717) is 6.42 Å². The Morgan fingerprint density at radius 1 is 0.808 bits per heavy atom. The molecule has 0 saturated heterocycles. The number of hydrogen-bond donors (Lipinski definition) is 0. The van der Waals surface area contributed by atoms with Gasteiger partial charge in [0.05, 0.1) is 19.8 Å². The fourth-order valence-electron chi connectivity index (χ4n) is 5.63. The Morgan fingerprint density at radius 3 is 1.46 bits per heavy atom. The van der Waals surface area contributed by atoms with Crippen LogP contribution in [0.4, 0.5) is 0 Å². The minimum atomic E-state index is -1.37. The first-order chi connectivity index (χ1) is 11.9. The molecular formula is C16H14Cl6O4. The number of ether oxygens (including phenoxy) is 2. The number of carbonyl (C=O) groups is 2. The van der Waals surface area contributed by atoms with Gasteiger partial charge >= 0.3 is 11.9 Å². The molecular weight excluding hydrogens is 469 g/mol. The number of alkyl halides is 4. The van der Waals surface area contributed by atoms with Crippen LogP contribution in [0.1, 0.15) is 20.3 Å². The van der Waals surface area contributed by atoms with Gasteiger partial charge in [-0.05, 0) is 18.3 Å². The number of rotatable bonds is 2. The highest BCUT2D eigenvalue weighted by Crippen LogP contribution is 2.80. The van der Waals surface area contributed by atoms with E-state index < -0.39 is 50.1 Å². The Hall–Kier alpha value is 0.420. The third-order valence-electron chi connectivity index (χ3n) is 6.18. The van der Waals surface area contributed by atoms with Crippen LogP contribution in [0.25, 0.3) is 0 Å². The zero-order chi connectivity index (χ0) is 19.4. The molecule has 144 valence electrons. The van der Waals surface area contributed by atoms with E-state index in [1.54, 1.807) is 0 Å². The molecule has 4 nitrogen and oxygen atoms in total. The smallest absolute Gasteiger partial charge is 0.303 e. The molecule has 0 aliphatic heterocycles. The quantitative estimate of drug-likeness (QED) is 0.328. The molecule has 2 unspecified atom stereocenters. The van der Waals surface area contributed by atoms with Crippen molar-refractivity contribution in [2.45, 2.75) is 46.6 Å². The van der Waals surface area contributed by atoms with Crippen molar-refractivity contribution in [1.29, 1.82) is 0 Å². The lowest BCUT2D eigenvalue weighted by molar-refractivity contribution is -0.175. The maximum absolute atomic E-state index is 11.7. The summed E-state index contributed by atoms with van der Waals surface area (Å²) in [5.41, 5.74) is 0. The minimum Gasteiger partial charge on any atom is -0.458 e. The van der Waals surface area contributed by atoms with Crippen molar-refractivity contribution in [2.75, 3.05) is 0 Å². The Labute approximate surface area is 180 Å². The number of esters is 2. The molecule has 4 rings (SSSR count). The maximum atomic E-state index is 11.7. The molecule has 0 N–H and O–H groups in total. The van der Waals surface area contributed by atoms with Crippen molar-refractivity contribution in [3.8, 4) is 0 Å². The highest BCUT2D eigenvalue weighted by Gasteiger charge is 2.85. The van der Waals surface area contributed by atoms with Crippen LogP contribution in [0.3, 0.4) is 0 Å². The summed E-state index contributed by atoms with van der Waals surface area (Å²) in [5, 5.41) is 0.554. The number of allylic oxidation sites excluding steroid dienone is 2. The van der Waals surface area contributed by atoms with Crippen molar-refractivity contribution in [3.63, 3.8) is 0 Å². The minimum absolute atomic E-state index is 0.277. The van der Waals surface area contributed by atoms with Gasteiger partial charge in [0.1, 0.15) is 16.5 Å². The van der Waals surface area contributed by atoms with Crippen molar-refractivity contribution in [3.05, 3.63) is 10.1 Å². The molecule has 4 aliphatic carbocycles. The van der Waals surface area contributed by atoms with Crippen molar-refractivity contribution < 1.29 is 19.1 Å². The van der Waals surface area contributed by atoms with Crippen molar-refractivity contribution >= 4 is 81.5 Å². The van der Waals surface area contributed by atoms with E-state index >= 15 is 0 Å². The number of fused-ring (bicyclic) bond motifs is 9.